The average molecular weight is 345 g/mol. The van der Waals surface area contributed by atoms with Gasteiger partial charge in [-0.3, -0.25) is 4.79 Å². The fraction of sp³-hybridized carbons (Fsp3) is 0.235. The molecule has 0 saturated heterocycles. The molecule has 6 nitrogen and oxygen atoms in total. The summed E-state index contributed by atoms with van der Waals surface area (Å²) in [7, 11) is 5.66. The van der Waals surface area contributed by atoms with Crippen molar-refractivity contribution < 1.29 is 14.6 Å². The van der Waals surface area contributed by atoms with Crippen LogP contribution in [0.1, 0.15) is 5.56 Å². The van der Waals surface area contributed by atoms with Crippen LogP contribution in [0.3, 0.4) is 0 Å². The quantitative estimate of drug-likeness (QED) is 0.733. The van der Waals surface area contributed by atoms with Crippen LogP contribution in [-0.4, -0.2) is 42.8 Å². The molecule has 1 N–H and O–H groups in total. The molecule has 0 aliphatic carbocycles. The van der Waals surface area contributed by atoms with Crippen molar-refractivity contribution in [3.8, 4) is 16.3 Å². The van der Waals surface area contributed by atoms with E-state index in [0.717, 1.165) is 32.4 Å². The van der Waals surface area contributed by atoms with E-state index in [-0.39, 0.29) is 6.47 Å². The van der Waals surface area contributed by atoms with E-state index in [4.69, 9.17) is 19.6 Å². The van der Waals surface area contributed by atoms with E-state index in [9.17, 15) is 0 Å². The summed E-state index contributed by atoms with van der Waals surface area (Å²) in [5.74, 6) is 0.824. The molecule has 3 aromatic rings. The first kappa shape index (κ1) is 17.7. The van der Waals surface area contributed by atoms with Gasteiger partial charge in [-0.2, -0.15) is 0 Å². The zero-order valence-corrected chi connectivity index (χ0v) is 14.8. The monoisotopic (exact) mass is 345 g/mol. The van der Waals surface area contributed by atoms with E-state index in [1.165, 1.54) is 5.56 Å². The Morgan fingerprint density at radius 3 is 2.58 bits per heavy atom. The number of fused-ring (bicyclic) bond motifs is 1. The number of pyridine rings is 1. The molecule has 0 aliphatic rings. The molecule has 7 heteroatoms. The molecule has 0 bridgehead atoms. The van der Waals surface area contributed by atoms with E-state index in [0.29, 0.717) is 0 Å². The summed E-state index contributed by atoms with van der Waals surface area (Å²) in [6.45, 7) is 1.86. The molecule has 0 saturated carbocycles. The summed E-state index contributed by atoms with van der Waals surface area (Å²) in [6.07, 6.45) is 1.88. The van der Waals surface area contributed by atoms with Crippen LogP contribution in [0.25, 0.3) is 21.5 Å². The van der Waals surface area contributed by atoms with Crippen molar-refractivity contribution in [3.05, 3.63) is 36.0 Å². The number of ether oxygens (including phenoxy) is 1. The van der Waals surface area contributed by atoms with E-state index >= 15 is 0 Å². The topological polar surface area (TPSA) is 75.5 Å². The molecule has 0 unspecified atom stereocenters. The van der Waals surface area contributed by atoms with Crippen LogP contribution in [-0.2, 0) is 4.79 Å². The van der Waals surface area contributed by atoms with Crippen LogP contribution < -0.4 is 9.64 Å². The lowest BCUT2D eigenvalue weighted by Gasteiger charge is -2.07. The van der Waals surface area contributed by atoms with Gasteiger partial charge in [0, 0.05) is 31.7 Å². The number of aryl methyl sites for hydroxylation is 1. The Bertz CT molecular complexity index is 846. The number of hydrogen-bond donors (Lipinski definition) is 1. The normalized spacial score (nSPS) is 10.0. The number of carbonyl (C=O) groups is 1. The number of carboxylic acid groups (broad SMARTS) is 1. The number of rotatable bonds is 3. The predicted octanol–water partition coefficient (Wildman–Crippen LogP) is 3.44. The number of anilines is 1. The second kappa shape index (κ2) is 7.74. The molecule has 3 rings (SSSR count). The highest BCUT2D eigenvalue weighted by atomic mass is 32.1. The van der Waals surface area contributed by atoms with Gasteiger partial charge >= 0.3 is 0 Å². The van der Waals surface area contributed by atoms with Crippen molar-refractivity contribution in [1.29, 1.82) is 0 Å². The predicted molar refractivity (Wildman–Crippen MR) is 97.2 cm³/mol. The van der Waals surface area contributed by atoms with Crippen LogP contribution >= 0.6 is 11.3 Å². The van der Waals surface area contributed by atoms with Crippen LogP contribution in [0, 0.1) is 6.92 Å². The molecule has 126 valence electrons. The fourth-order valence-electron chi connectivity index (χ4n) is 2.23. The van der Waals surface area contributed by atoms with Gasteiger partial charge in [0.1, 0.15) is 5.75 Å². The highest BCUT2D eigenvalue weighted by Gasteiger charge is 2.10. The Labute approximate surface area is 144 Å². The minimum absolute atomic E-state index is 0.250. The zero-order valence-electron chi connectivity index (χ0n) is 14.0. The molecule has 0 radical (unpaired) electrons. The molecule has 0 fully saturated rings. The van der Waals surface area contributed by atoms with Gasteiger partial charge in [-0.25, -0.2) is 9.97 Å². The maximum atomic E-state index is 8.36. The minimum Gasteiger partial charge on any atom is -0.497 e. The van der Waals surface area contributed by atoms with Gasteiger partial charge in [0.2, 0.25) is 0 Å². The Hall–Kier alpha value is -2.67. The van der Waals surface area contributed by atoms with Gasteiger partial charge in [0.25, 0.3) is 6.47 Å². The lowest BCUT2D eigenvalue weighted by Crippen LogP contribution is -2.07. The molecule has 0 aliphatic heterocycles. The standard InChI is InChI=1S/C16H17N3OS.CH2O2/c1-10-7-14(15-9-17-16(21-15)19(2)3)18-13-8-11(20-4)5-6-12(10)13;2-1-3/h5-9H,1-4H3;1H,(H,2,3). The number of thiazole rings is 1. The smallest absolute Gasteiger partial charge is 0.290 e. The molecule has 24 heavy (non-hydrogen) atoms. The number of methoxy groups -OCH3 is 1. The van der Waals surface area contributed by atoms with Gasteiger partial charge in [0.05, 0.1) is 23.2 Å². The second-order valence-corrected chi connectivity index (χ2v) is 6.22. The van der Waals surface area contributed by atoms with Crippen LogP contribution in [0.4, 0.5) is 5.13 Å². The van der Waals surface area contributed by atoms with Crippen LogP contribution in [0.2, 0.25) is 0 Å². The number of nitrogens with zero attached hydrogens (tertiary/aromatic N) is 3. The Balaban J connectivity index is 0.000000647. The van der Waals surface area contributed by atoms with Gasteiger partial charge in [0.15, 0.2) is 5.13 Å². The van der Waals surface area contributed by atoms with Crippen LogP contribution in [0.5, 0.6) is 5.75 Å². The van der Waals surface area contributed by atoms with Crippen molar-refractivity contribution in [2.45, 2.75) is 6.92 Å². The summed E-state index contributed by atoms with van der Waals surface area (Å²) < 4.78 is 5.29. The van der Waals surface area contributed by atoms with Crippen molar-refractivity contribution in [1.82, 2.24) is 9.97 Å². The zero-order chi connectivity index (χ0) is 17.7. The summed E-state index contributed by atoms with van der Waals surface area (Å²) in [5.41, 5.74) is 3.11. The molecule has 0 amide bonds. The van der Waals surface area contributed by atoms with E-state index < -0.39 is 0 Å². The maximum absolute atomic E-state index is 8.36. The summed E-state index contributed by atoms with van der Waals surface area (Å²) >= 11 is 1.64. The van der Waals surface area contributed by atoms with E-state index in [2.05, 4.69) is 24.0 Å². The van der Waals surface area contributed by atoms with Gasteiger partial charge in [-0.05, 0) is 30.7 Å². The summed E-state index contributed by atoms with van der Waals surface area (Å²) in [6, 6.07) is 8.10. The maximum Gasteiger partial charge on any atom is 0.290 e. The van der Waals surface area contributed by atoms with Crippen LogP contribution in [0.15, 0.2) is 30.5 Å². The molecule has 2 aromatic heterocycles. The third-order valence-corrected chi connectivity index (χ3v) is 4.54. The summed E-state index contributed by atoms with van der Waals surface area (Å²) in [5, 5.41) is 9.02. The lowest BCUT2D eigenvalue weighted by molar-refractivity contribution is -0.122. The van der Waals surface area contributed by atoms with E-state index in [1.54, 1.807) is 18.4 Å². The first-order valence-electron chi connectivity index (χ1n) is 7.17. The van der Waals surface area contributed by atoms with Gasteiger partial charge in [-0.1, -0.05) is 11.3 Å². The highest BCUT2D eigenvalue weighted by Crippen LogP contribution is 2.32. The molecular formula is C17H19N3O3S. The van der Waals surface area contributed by atoms with Gasteiger partial charge < -0.3 is 14.7 Å². The number of hydrogen-bond acceptors (Lipinski definition) is 6. The third-order valence-electron chi connectivity index (χ3n) is 3.35. The first-order chi connectivity index (χ1) is 11.5. The molecule has 1 aromatic carbocycles. The molecular weight excluding hydrogens is 326 g/mol. The minimum atomic E-state index is -0.250. The Morgan fingerprint density at radius 1 is 1.29 bits per heavy atom. The van der Waals surface area contributed by atoms with Crippen molar-refractivity contribution in [2.24, 2.45) is 0 Å². The SMILES string of the molecule is COc1ccc2c(C)cc(-c3cnc(N(C)C)s3)nc2c1.O=CO. The van der Waals surface area contributed by atoms with Crippen molar-refractivity contribution in [2.75, 3.05) is 26.1 Å². The first-order valence-corrected chi connectivity index (χ1v) is 7.98. The number of benzene rings is 1. The lowest BCUT2D eigenvalue weighted by atomic mass is 10.1. The third kappa shape index (κ3) is 3.80. The molecule has 0 atom stereocenters. The molecule has 0 spiro atoms. The summed E-state index contributed by atoms with van der Waals surface area (Å²) in [4.78, 5) is 20.6. The second-order valence-electron chi connectivity index (χ2n) is 5.21. The van der Waals surface area contributed by atoms with Crippen molar-refractivity contribution in [3.63, 3.8) is 0 Å². The van der Waals surface area contributed by atoms with Crippen molar-refractivity contribution >= 4 is 33.8 Å². The Kier molecular flexibility index (Phi) is 5.70. The van der Waals surface area contributed by atoms with Gasteiger partial charge in [-0.15, -0.1) is 0 Å². The fourth-order valence-corrected chi connectivity index (χ4v) is 3.02. The number of aromatic nitrogens is 2. The highest BCUT2D eigenvalue weighted by molar-refractivity contribution is 7.18. The Morgan fingerprint density at radius 2 is 2.00 bits per heavy atom. The molecule has 2 heterocycles. The average Bonchev–Trinajstić information content (AvgIpc) is 3.05. The largest absolute Gasteiger partial charge is 0.497 e. The van der Waals surface area contributed by atoms with E-state index in [1.807, 2.05) is 37.3 Å².